The second kappa shape index (κ2) is 3.90. The van der Waals surface area contributed by atoms with Crippen LogP contribution in [-0.2, 0) is 0 Å². The third-order valence-electron chi connectivity index (χ3n) is 3.64. The first-order valence-corrected chi connectivity index (χ1v) is 5.87. The highest BCUT2D eigenvalue weighted by Gasteiger charge is 2.36. The predicted molar refractivity (Wildman–Crippen MR) is 61.6 cm³/mol. The summed E-state index contributed by atoms with van der Waals surface area (Å²) >= 11 is 0. The number of hydrogen-bond acceptors (Lipinski definition) is 4. The van der Waals surface area contributed by atoms with Gasteiger partial charge in [-0.25, -0.2) is 4.98 Å². The van der Waals surface area contributed by atoms with Crippen molar-refractivity contribution in [1.82, 2.24) is 15.3 Å². The molecule has 5 nitrogen and oxygen atoms in total. The van der Waals surface area contributed by atoms with E-state index in [1.807, 2.05) is 0 Å². The van der Waals surface area contributed by atoms with Crippen LogP contribution in [0.2, 0.25) is 0 Å². The van der Waals surface area contributed by atoms with Crippen LogP contribution in [0.1, 0.15) is 12.8 Å². The first kappa shape index (κ1) is 9.84. The molecule has 2 unspecified atom stereocenters. The van der Waals surface area contributed by atoms with Crippen LogP contribution >= 0.6 is 0 Å². The Kier molecular flexibility index (Phi) is 2.40. The quantitative estimate of drug-likeness (QED) is 0.697. The van der Waals surface area contributed by atoms with Crippen LogP contribution in [0.5, 0.6) is 0 Å². The Hall–Kier alpha value is -1.36. The van der Waals surface area contributed by atoms with Crippen molar-refractivity contribution in [1.29, 1.82) is 0 Å². The minimum absolute atomic E-state index is 0.0740. The van der Waals surface area contributed by atoms with E-state index in [1.54, 1.807) is 12.4 Å². The predicted octanol–water partition coefficient (Wildman–Crippen LogP) is -0.0419. The van der Waals surface area contributed by atoms with Gasteiger partial charge in [0, 0.05) is 38.1 Å². The molecule has 2 aliphatic heterocycles. The lowest BCUT2D eigenvalue weighted by molar-refractivity contribution is 0.382. The summed E-state index contributed by atoms with van der Waals surface area (Å²) in [6, 6.07) is 0.449. The number of fused-ring (bicyclic) bond motifs is 1. The molecule has 0 aromatic carbocycles. The highest BCUT2D eigenvalue weighted by atomic mass is 16.1. The molecule has 0 aliphatic carbocycles. The average Bonchev–Trinajstić information content (AvgIpc) is 2.77. The number of anilines is 1. The first-order valence-electron chi connectivity index (χ1n) is 5.87. The van der Waals surface area contributed by atoms with Crippen molar-refractivity contribution in [2.75, 3.05) is 24.5 Å². The Balaban J connectivity index is 1.94. The van der Waals surface area contributed by atoms with Crippen molar-refractivity contribution in [3.05, 3.63) is 22.7 Å². The van der Waals surface area contributed by atoms with E-state index in [2.05, 4.69) is 20.2 Å². The van der Waals surface area contributed by atoms with Crippen molar-refractivity contribution in [2.45, 2.75) is 18.9 Å². The van der Waals surface area contributed by atoms with E-state index < -0.39 is 0 Å². The van der Waals surface area contributed by atoms with Crippen molar-refractivity contribution < 1.29 is 0 Å². The largest absolute Gasteiger partial charge is 0.347 e. The fourth-order valence-corrected chi connectivity index (χ4v) is 2.88. The van der Waals surface area contributed by atoms with Gasteiger partial charge in [0.1, 0.15) is 0 Å². The summed E-state index contributed by atoms with van der Waals surface area (Å²) in [7, 11) is 0. The second-order valence-corrected chi connectivity index (χ2v) is 4.56. The van der Waals surface area contributed by atoms with E-state index in [0.717, 1.165) is 26.1 Å². The molecule has 0 radical (unpaired) electrons. The molecule has 1 aromatic heterocycles. The molecule has 2 atom stereocenters. The number of aromatic nitrogens is 2. The number of aromatic amines is 1. The van der Waals surface area contributed by atoms with Crippen LogP contribution in [0.4, 0.5) is 5.82 Å². The van der Waals surface area contributed by atoms with Crippen LogP contribution in [0.3, 0.4) is 0 Å². The van der Waals surface area contributed by atoms with Crippen molar-refractivity contribution >= 4 is 5.82 Å². The third-order valence-corrected chi connectivity index (χ3v) is 3.64. The Morgan fingerprint density at radius 2 is 2.38 bits per heavy atom. The van der Waals surface area contributed by atoms with E-state index in [9.17, 15) is 4.79 Å². The number of nitrogens with zero attached hydrogens (tertiary/aromatic N) is 2. The fourth-order valence-electron chi connectivity index (χ4n) is 2.88. The van der Waals surface area contributed by atoms with E-state index in [1.165, 1.54) is 6.42 Å². The molecule has 2 saturated heterocycles. The van der Waals surface area contributed by atoms with Gasteiger partial charge >= 0.3 is 0 Å². The van der Waals surface area contributed by atoms with Gasteiger partial charge in [-0.1, -0.05) is 0 Å². The summed E-state index contributed by atoms with van der Waals surface area (Å²) < 4.78 is 0. The van der Waals surface area contributed by atoms with Crippen LogP contribution < -0.4 is 15.8 Å². The summed E-state index contributed by atoms with van der Waals surface area (Å²) in [5, 5.41) is 3.40. The number of rotatable bonds is 1. The summed E-state index contributed by atoms with van der Waals surface area (Å²) in [5.41, 5.74) is -0.0740. The lowest BCUT2D eigenvalue weighted by Crippen LogP contribution is -2.47. The molecule has 2 N–H and O–H groups in total. The van der Waals surface area contributed by atoms with Gasteiger partial charge < -0.3 is 15.2 Å². The maximum Gasteiger partial charge on any atom is 0.290 e. The Morgan fingerprint density at radius 3 is 3.25 bits per heavy atom. The molecule has 2 aliphatic rings. The van der Waals surface area contributed by atoms with E-state index in [0.29, 0.717) is 17.8 Å². The van der Waals surface area contributed by atoms with Crippen LogP contribution in [0, 0.1) is 5.92 Å². The number of piperidine rings is 1. The zero-order valence-electron chi connectivity index (χ0n) is 9.15. The minimum atomic E-state index is -0.0740. The van der Waals surface area contributed by atoms with Gasteiger partial charge in [-0.05, 0) is 18.8 Å². The Morgan fingerprint density at radius 1 is 1.44 bits per heavy atom. The zero-order valence-corrected chi connectivity index (χ0v) is 9.15. The molecule has 1 aromatic rings. The molecule has 3 rings (SSSR count). The fraction of sp³-hybridized carbons (Fsp3) is 0.636. The SMILES string of the molecule is O=c1[nH]ccnc1N1CCCC2CNCC21. The Bertz CT molecular complexity index is 430. The molecule has 2 fully saturated rings. The van der Waals surface area contributed by atoms with Gasteiger partial charge in [-0.2, -0.15) is 0 Å². The smallest absolute Gasteiger partial charge is 0.290 e. The van der Waals surface area contributed by atoms with Crippen molar-refractivity contribution in [3.63, 3.8) is 0 Å². The lowest BCUT2D eigenvalue weighted by atomic mass is 9.92. The van der Waals surface area contributed by atoms with Crippen molar-refractivity contribution in [2.24, 2.45) is 5.92 Å². The number of nitrogens with one attached hydrogen (secondary N) is 2. The summed E-state index contributed by atoms with van der Waals surface area (Å²) in [6.07, 6.45) is 5.65. The van der Waals surface area contributed by atoms with Gasteiger partial charge in [0.15, 0.2) is 5.82 Å². The molecule has 5 heteroatoms. The lowest BCUT2D eigenvalue weighted by Gasteiger charge is -2.37. The van der Waals surface area contributed by atoms with Gasteiger partial charge in [0.2, 0.25) is 0 Å². The highest BCUT2D eigenvalue weighted by molar-refractivity contribution is 5.38. The molecule has 16 heavy (non-hydrogen) atoms. The molecule has 86 valence electrons. The van der Waals surface area contributed by atoms with Crippen LogP contribution in [-0.4, -0.2) is 35.6 Å². The summed E-state index contributed by atoms with van der Waals surface area (Å²) in [5.74, 6) is 1.26. The maximum absolute atomic E-state index is 11.7. The van der Waals surface area contributed by atoms with E-state index >= 15 is 0 Å². The van der Waals surface area contributed by atoms with E-state index in [-0.39, 0.29) is 5.56 Å². The second-order valence-electron chi connectivity index (χ2n) is 4.56. The molecular weight excluding hydrogens is 204 g/mol. The average molecular weight is 220 g/mol. The zero-order chi connectivity index (χ0) is 11.0. The Labute approximate surface area is 93.9 Å². The number of hydrogen-bond donors (Lipinski definition) is 2. The van der Waals surface area contributed by atoms with Gasteiger partial charge in [0.05, 0.1) is 0 Å². The van der Waals surface area contributed by atoms with Gasteiger partial charge in [-0.15, -0.1) is 0 Å². The highest BCUT2D eigenvalue weighted by Crippen LogP contribution is 2.28. The van der Waals surface area contributed by atoms with Crippen LogP contribution in [0.15, 0.2) is 17.2 Å². The normalized spacial score (nSPS) is 29.1. The van der Waals surface area contributed by atoms with Gasteiger partial charge in [0.25, 0.3) is 5.56 Å². The van der Waals surface area contributed by atoms with Gasteiger partial charge in [-0.3, -0.25) is 4.79 Å². The standard InChI is InChI=1S/C11H16N4O/c16-11-10(13-3-4-14-11)15-5-1-2-8-6-12-7-9(8)15/h3-4,8-9,12H,1-2,5-7H2,(H,14,16). The molecule has 3 heterocycles. The molecular formula is C11H16N4O. The minimum Gasteiger partial charge on any atom is -0.347 e. The topological polar surface area (TPSA) is 61.0 Å². The van der Waals surface area contributed by atoms with Crippen LogP contribution in [0.25, 0.3) is 0 Å². The molecule has 0 spiro atoms. The maximum atomic E-state index is 11.7. The third kappa shape index (κ3) is 1.51. The molecule has 0 saturated carbocycles. The summed E-state index contributed by atoms with van der Waals surface area (Å²) in [6.45, 7) is 3.00. The summed E-state index contributed by atoms with van der Waals surface area (Å²) in [4.78, 5) is 20.8. The van der Waals surface area contributed by atoms with E-state index in [4.69, 9.17) is 0 Å². The number of H-pyrrole nitrogens is 1. The molecule has 0 amide bonds. The van der Waals surface area contributed by atoms with Crippen molar-refractivity contribution in [3.8, 4) is 0 Å². The monoisotopic (exact) mass is 220 g/mol. The molecule has 0 bridgehead atoms. The first-order chi connectivity index (χ1) is 7.86.